The summed E-state index contributed by atoms with van der Waals surface area (Å²) in [6.07, 6.45) is 3.90. The third-order valence-corrected chi connectivity index (χ3v) is 19.7. The van der Waals surface area contributed by atoms with Gasteiger partial charge in [0.05, 0.1) is 45.6 Å². The number of carbonyl (C=O) groups is 4. The van der Waals surface area contributed by atoms with E-state index in [9.17, 15) is 24.3 Å². The Balaban J connectivity index is 0.831. The molecular formula is C58H79N11O7S3Si. The molecule has 1 fully saturated rings. The number of thiazole rings is 3. The zero-order chi connectivity index (χ0) is 57.5. The fourth-order valence-electron chi connectivity index (χ4n) is 10.1. The van der Waals surface area contributed by atoms with E-state index in [0.717, 1.165) is 103 Å². The summed E-state index contributed by atoms with van der Waals surface area (Å²) >= 11 is 4.67. The van der Waals surface area contributed by atoms with E-state index in [2.05, 4.69) is 73.8 Å². The van der Waals surface area contributed by atoms with Crippen LogP contribution >= 0.6 is 34.0 Å². The molecule has 2 aliphatic rings. The first-order chi connectivity index (χ1) is 38.1. The monoisotopic (exact) mass is 1170 g/mol. The zero-order valence-electron chi connectivity index (χ0n) is 48.3. The van der Waals surface area contributed by atoms with Crippen LogP contribution in [0.15, 0.2) is 59.0 Å². The molecule has 6 aromatic rings. The summed E-state index contributed by atoms with van der Waals surface area (Å²) < 4.78 is 14.7. The summed E-state index contributed by atoms with van der Waals surface area (Å²) in [5, 5.41) is 26.9. The number of esters is 1. The summed E-state index contributed by atoms with van der Waals surface area (Å²) in [7, 11) is 2.17. The molecule has 430 valence electrons. The van der Waals surface area contributed by atoms with Crippen molar-refractivity contribution >= 4 is 92.8 Å². The van der Waals surface area contributed by atoms with Crippen LogP contribution in [0.4, 0.5) is 16.8 Å². The molecule has 2 aliphatic heterocycles. The lowest BCUT2D eigenvalue weighted by molar-refractivity contribution is -0.144. The molecule has 80 heavy (non-hydrogen) atoms. The fourth-order valence-corrected chi connectivity index (χ4v) is 13.8. The molecule has 0 radical (unpaired) electrons. The molecule has 4 atom stereocenters. The molecule has 2 aromatic carbocycles. The van der Waals surface area contributed by atoms with Crippen molar-refractivity contribution in [1.29, 1.82) is 0 Å². The maximum atomic E-state index is 14.3. The number of carbonyl (C=O) groups excluding carboxylic acids is 4. The summed E-state index contributed by atoms with van der Waals surface area (Å²) in [5.74, 6) is -0.167. The first-order valence-corrected chi connectivity index (χ1v) is 34.0. The summed E-state index contributed by atoms with van der Waals surface area (Å²) in [6.45, 7) is 21.9. The van der Waals surface area contributed by atoms with E-state index >= 15 is 0 Å². The largest absolute Gasteiger partial charge is 0.464 e. The number of anilines is 2. The molecule has 18 nitrogen and oxygen atoms in total. The van der Waals surface area contributed by atoms with Gasteiger partial charge in [0.15, 0.2) is 27.3 Å². The van der Waals surface area contributed by atoms with Gasteiger partial charge in [-0.05, 0) is 114 Å². The number of fused-ring (bicyclic) bond motifs is 2. The van der Waals surface area contributed by atoms with Crippen LogP contribution in [0.3, 0.4) is 0 Å². The lowest BCUT2D eigenvalue weighted by Gasteiger charge is -2.35. The van der Waals surface area contributed by atoms with E-state index in [4.69, 9.17) is 24.5 Å². The van der Waals surface area contributed by atoms with Gasteiger partial charge in [0.25, 0.3) is 0 Å². The zero-order valence-corrected chi connectivity index (χ0v) is 51.7. The van der Waals surface area contributed by atoms with Gasteiger partial charge in [0.1, 0.15) is 18.8 Å². The molecule has 0 bridgehead atoms. The van der Waals surface area contributed by atoms with Crippen molar-refractivity contribution in [3.8, 4) is 10.4 Å². The summed E-state index contributed by atoms with van der Waals surface area (Å²) in [4.78, 5) is 77.5. The minimum absolute atomic E-state index is 0.00261. The number of nitrogens with one attached hydrogen (secondary N) is 2. The Kier molecular flexibility index (Phi) is 19.9. The van der Waals surface area contributed by atoms with Crippen molar-refractivity contribution < 1.29 is 33.8 Å². The molecule has 6 heterocycles. The molecule has 4 aromatic heterocycles. The van der Waals surface area contributed by atoms with Crippen molar-refractivity contribution in [3.63, 3.8) is 0 Å². The van der Waals surface area contributed by atoms with E-state index in [1.807, 2.05) is 83.6 Å². The Bertz CT molecular complexity index is 3220. The smallest absolute Gasteiger partial charge is 0.357 e. The second kappa shape index (κ2) is 26.4. The topological polar surface area (TPSA) is 210 Å². The highest BCUT2D eigenvalue weighted by molar-refractivity contribution is 7.16. The predicted molar refractivity (Wildman–Crippen MR) is 321 cm³/mol. The van der Waals surface area contributed by atoms with Gasteiger partial charge in [-0.3, -0.25) is 19.0 Å². The quantitative estimate of drug-likeness (QED) is 0.0311. The number of aliphatic hydroxyl groups excluding tert-OH is 1. The number of aryl methyl sites for hydroxylation is 2. The number of unbranched alkanes of at least 4 members (excludes halogenated alkanes) is 1. The van der Waals surface area contributed by atoms with Gasteiger partial charge >= 0.3 is 5.97 Å². The number of aromatic nitrogens is 5. The average molecular weight is 1170 g/mol. The van der Waals surface area contributed by atoms with Crippen molar-refractivity contribution in [2.75, 3.05) is 51.8 Å². The minimum Gasteiger partial charge on any atom is -0.464 e. The van der Waals surface area contributed by atoms with Gasteiger partial charge in [0.2, 0.25) is 17.7 Å². The van der Waals surface area contributed by atoms with E-state index in [1.54, 1.807) is 22.7 Å². The number of benzene rings is 2. The van der Waals surface area contributed by atoms with Crippen molar-refractivity contribution in [2.24, 2.45) is 10.4 Å². The Morgan fingerprint density at radius 3 is 2.45 bits per heavy atom. The van der Waals surface area contributed by atoms with E-state index in [-0.39, 0.29) is 43.1 Å². The van der Waals surface area contributed by atoms with Gasteiger partial charge in [-0.2, -0.15) is 4.99 Å². The average Bonchev–Trinajstić information content (AvgIpc) is 4.31. The second-order valence-corrected chi connectivity index (χ2v) is 32.0. The van der Waals surface area contributed by atoms with Crippen LogP contribution in [0.1, 0.15) is 110 Å². The Morgan fingerprint density at radius 1 is 0.988 bits per heavy atom. The molecule has 0 spiro atoms. The van der Waals surface area contributed by atoms with Crippen molar-refractivity contribution in [3.05, 3.63) is 91.8 Å². The van der Waals surface area contributed by atoms with Crippen LogP contribution in [0.2, 0.25) is 25.7 Å². The highest BCUT2D eigenvalue weighted by Crippen LogP contribution is 2.39. The number of nitrogens with zero attached hydrogens (tertiary/aromatic N) is 9. The van der Waals surface area contributed by atoms with Crippen molar-refractivity contribution in [2.45, 2.75) is 150 Å². The van der Waals surface area contributed by atoms with Gasteiger partial charge in [0, 0.05) is 56.6 Å². The molecular weight excluding hydrogens is 1090 g/mol. The molecule has 8 rings (SSSR count). The lowest BCUT2D eigenvalue weighted by atomic mass is 9.85. The van der Waals surface area contributed by atoms with Crippen LogP contribution in [-0.2, 0) is 43.4 Å². The summed E-state index contributed by atoms with van der Waals surface area (Å²) in [6, 6.07) is 15.2. The Morgan fingerprint density at radius 2 is 1.74 bits per heavy atom. The second-order valence-electron chi connectivity index (χ2n) is 23.5. The normalized spacial score (nSPS) is 16.8. The van der Waals surface area contributed by atoms with Crippen LogP contribution in [-0.4, -0.2) is 137 Å². The number of ether oxygens (including phenoxy) is 2. The SMILES string of the molecule is COC(=O)c1nc(N2CCCc3c2nnc(N=c2sc4ccccc4n2COCC[Si](C)(C)C)c3C)sc1CCCN(C)CCCCC(=O)N[C@H](C(=O)N1C[C@H](O)C[C@H]1C(=O)N[C@@H](C)c1ccc(-c2scnc2C)cc1)C(C)(C)C. The van der Waals surface area contributed by atoms with Gasteiger partial charge in [-0.15, -0.1) is 32.9 Å². The Hall–Kier alpha value is -5.75. The number of para-hydroxylation sites is 1. The van der Waals surface area contributed by atoms with Crippen LogP contribution < -0.4 is 20.3 Å². The van der Waals surface area contributed by atoms with Gasteiger partial charge in [-0.1, -0.05) is 88.1 Å². The van der Waals surface area contributed by atoms with E-state index in [1.165, 1.54) is 23.3 Å². The number of hydrogen-bond acceptors (Lipinski definition) is 17. The van der Waals surface area contributed by atoms with E-state index in [0.29, 0.717) is 49.4 Å². The predicted octanol–water partition coefficient (Wildman–Crippen LogP) is 9.51. The number of methoxy groups -OCH3 is 1. The standard InChI is InChI=1S/C58H79N11O7S3Si/c1-36-42-18-16-29-67(52(42)65-64-51(36)63-57-69(35-76-30-31-80(9,10)11)43-19-12-13-20-45(43)78-57)56-62-48(55(74)75-8)46(79-56)21-17-28-66(7)27-15-14-22-47(71)61-50(58(4,5)6)54(73)68-33-41(70)32-44(68)53(72)60-37(2)39-23-25-40(26-24-39)49-38(3)59-34-77-49/h12-13,19-20,23-26,34,37,41,44,50,70H,14-18,21-22,27-33,35H2,1-11H3,(H,60,72)(H,61,71)/t37-,41+,44-,50+/m0/s1. The van der Waals surface area contributed by atoms with Gasteiger partial charge in [-0.25, -0.2) is 14.8 Å². The van der Waals surface area contributed by atoms with Crippen LogP contribution in [0, 0.1) is 19.3 Å². The number of aliphatic hydroxyl groups is 1. The highest BCUT2D eigenvalue weighted by Gasteiger charge is 2.45. The van der Waals surface area contributed by atoms with Gasteiger partial charge < -0.3 is 39.9 Å². The first kappa shape index (κ1) is 60.3. The molecule has 1 saturated heterocycles. The van der Waals surface area contributed by atoms with Crippen molar-refractivity contribution in [1.82, 2.24) is 45.2 Å². The Labute approximate surface area is 483 Å². The molecule has 0 unspecified atom stereocenters. The van der Waals surface area contributed by atoms with Crippen LogP contribution in [0.25, 0.3) is 20.7 Å². The number of amides is 3. The molecule has 3 amide bonds. The molecule has 3 N–H and O–H groups in total. The molecule has 0 aliphatic carbocycles. The molecule has 22 heteroatoms. The summed E-state index contributed by atoms with van der Waals surface area (Å²) in [5.41, 5.74) is 7.49. The maximum absolute atomic E-state index is 14.3. The number of β-amino-alcohol motifs (C(OH)–C–C–N with tert-alkyl or cyclic N) is 1. The minimum atomic E-state index is -1.25. The first-order valence-electron chi connectivity index (χ1n) is 27.8. The molecule has 0 saturated carbocycles. The van der Waals surface area contributed by atoms with Crippen LogP contribution in [0.5, 0.6) is 0 Å². The maximum Gasteiger partial charge on any atom is 0.357 e. The fraction of sp³-hybridized carbons (Fsp3) is 0.534. The third-order valence-electron chi connectivity index (χ3n) is 14.9. The van der Waals surface area contributed by atoms with E-state index < -0.39 is 37.6 Å². The number of likely N-dealkylation sites (tertiary alicyclic amines) is 1. The lowest BCUT2D eigenvalue weighted by Crippen LogP contribution is -2.57. The number of rotatable bonds is 23. The third kappa shape index (κ3) is 14.8. The number of hydrogen-bond donors (Lipinski definition) is 3. The highest BCUT2D eigenvalue weighted by atomic mass is 32.1.